The van der Waals surface area contributed by atoms with Crippen LogP contribution in [0.2, 0.25) is 5.02 Å². The van der Waals surface area contributed by atoms with Gasteiger partial charge in [-0.1, -0.05) is 24.1 Å². The third-order valence-corrected chi connectivity index (χ3v) is 3.97. The number of nitrogens with zero attached hydrogens (tertiary/aromatic N) is 1. The van der Waals surface area contributed by atoms with Gasteiger partial charge in [0.25, 0.3) is 0 Å². The van der Waals surface area contributed by atoms with Crippen molar-refractivity contribution in [3.63, 3.8) is 0 Å². The zero-order valence-corrected chi connectivity index (χ0v) is 11.2. The summed E-state index contributed by atoms with van der Waals surface area (Å²) in [7, 11) is 0. The highest BCUT2D eigenvalue weighted by atomic mass is 35.5. The fourth-order valence-corrected chi connectivity index (χ4v) is 2.85. The Labute approximate surface area is 117 Å². The molecule has 0 aromatic heterocycles. The van der Waals surface area contributed by atoms with Crippen molar-refractivity contribution in [2.45, 2.75) is 19.3 Å². The summed E-state index contributed by atoms with van der Waals surface area (Å²) in [6.45, 7) is 0.561. The van der Waals surface area contributed by atoms with Crippen LogP contribution in [0.25, 0.3) is 0 Å². The highest BCUT2D eigenvalue weighted by molar-refractivity contribution is 6.32. The monoisotopic (exact) mass is 278 g/mol. The van der Waals surface area contributed by atoms with Crippen molar-refractivity contribution in [1.82, 2.24) is 0 Å². The molecule has 1 fully saturated rings. The van der Waals surface area contributed by atoms with Gasteiger partial charge < -0.3 is 10.4 Å². The van der Waals surface area contributed by atoms with E-state index in [0.717, 1.165) is 19.3 Å². The van der Waals surface area contributed by atoms with Crippen LogP contribution in [0.5, 0.6) is 0 Å². The highest BCUT2D eigenvalue weighted by Gasteiger charge is 2.32. The van der Waals surface area contributed by atoms with Gasteiger partial charge in [0.2, 0.25) is 0 Å². The van der Waals surface area contributed by atoms with Gasteiger partial charge in [-0.3, -0.25) is 4.79 Å². The molecule has 0 aliphatic heterocycles. The number of carboxylic acid groups (broad SMARTS) is 1. The lowest BCUT2D eigenvalue weighted by atomic mass is 9.96. The lowest BCUT2D eigenvalue weighted by Gasteiger charge is -2.17. The van der Waals surface area contributed by atoms with E-state index in [1.54, 1.807) is 18.2 Å². The van der Waals surface area contributed by atoms with Gasteiger partial charge in [0.1, 0.15) is 6.07 Å². The predicted octanol–water partition coefficient (Wildman–Crippen LogP) is 3.12. The number of benzene rings is 1. The van der Waals surface area contributed by atoms with Gasteiger partial charge in [-0.15, -0.1) is 0 Å². The Balaban J connectivity index is 2.05. The summed E-state index contributed by atoms with van der Waals surface area (Å²) in [5.41, 5.74) is 1.08. The minimum absolute atomic E-state index is 0.114. The number of rotatable bonds is 4. The maximum atomic E-state index is 11.1. The molecular formula is C14H15ClN2O2. The molecule has 1 aromatic rings. The molecule has 0 spiro atoms. The number of hydrogen-bond acceptors (Lipinski definition) is 3. The molecule has 0 heterocycles. The standard InChI is InChI=1S/C14H15ClN2O2/c15-12-5-2-6-13(11(12)7-16)17-8-9-3-1-4-10(9)14(18)19/h2,5-6,9-10,17H,1,3-4,8H2,(H,18,19). The van der Waals surface area contributed by atoms with Crippen LogP contribution < -0.4 is 5.32 Å². The third-order valence-electron chi connectivity index (χ3n) is 3.66. The van der Waals surface area contributed by atoms with Crippen molar-refractivity contribution < 1.29 is 9.90 Å². The molecule has 1 aliphatic carbocycles. The molecule has 2 N–H and O–H groups in total. The Morgan fingerprint density at radius 1 is 1.53 bits per heavy atom. The Hall–Kier alpha value is -1.73. The van der Waals surface area contributed by atoms with Crippen LogP contribution >= 0.6 is 11.6 Å². The van der Waals surface area contributed by atoms with Gasteiger partial charge in [0, 0.05) is 6.54 Å². The molecule has 19 heavy (non-hydrogen) atoms. The Bertz CT molecular complexity index is 525. The topological polar surface area (TPSA) is 73.1 Å². The first-order valence-corrected chi connectivity index (χ1v) is 6.66. The van der Waals surface area contributed by atoms with E-state index in [-0.39, 0.29) is 11.8 Å². The number of nitrogens with one attached hydrogen (secondary N) is 1. The van der Waals surface area contributed by atoms with Gasteiger partial charge >= 0.3 is 5.97 Å². The van der Waals surface area contributed by atoms with Crippen LogP contribution in [-0.4, -0.2) is 17.6 Å². The van der Waals surface area contributed by atoms with E-state index in [2.05, 4.69) is 11.4 Å². The fraction of sp³-hybridized carbons (Fsp3) is 0.429. The number of carbonyl (C=O) groups is 1. The summed E-state index contributed by atoms with van der Waals surface area (Å²) in [4.78, 5) is 11.1. The summed E-state index contributed by atoms with van der Waals surface area (Å²) < 4.78 is 0. The number of carboxylic acids is 1. The summed E-state index contributed by atoms with van der Waals surface area (Å²) in [5.74, 6) is -0.892. The third kappa shape index (κ3) is 2.99. The molecule has 100 valence electrons. The number of anilines is 1. The molecule has 5 heteroatoms. The molecule has 1 saturated carbocycles. The van der Waals surface area contributed by atoms with Crippen LogP contribution in [0.15, 0.2) is 18.2 Å². The second-order valence-electron chi connectivity index (χ2n) is 4.79. The molecule has 2 unspecified atom stereocenters. The first kappa shape index (κ1) is 13.7. The molecule has 0 saturated heterocycles. The van der Waals surface area contributed by atoms with Crippen LogP contribution in [0.1, 0.15) is 24.8 Å². The molecule has 1 aliphatic rings. The molecule has 0 radical (unpaired) electrons. The summed E-state index contributed by atoms with van der Waals surface area (Å²) in [6.07, 6.45) is 2.60. The number of aliphatic carboxylic acids is 1. The van der Waals surface area contributed by atoms with Gasteiger partial charge in [-0.25, -0.2) is 0 Å². The van der Waals surface area contributed by atoms with Gasteiger partial charge in [-0.05, 0) is 30.9 Å². The van der Waals surface area contributed by atoms with Crippen LogP contribution in [-0.2, 0) is 4.79 Å². The average Bonchev–Trinajstić information content (AvgIpc) is 2.84. The zero-order chi connectivity index (χ0) is 13.8. The van der Waals surface area contributed by atoms with E-state index < -0.39 is 5.97 Å². The van der Waals surface area contributed by atoms with Crippen molar-refractivity contribution in [2.24, 2.45) is 11.8 Å². The van der Waals surface area contributed by atoms with Gasteiger partial charge in [0.15, 0.2) is 0 Å². The van der Waals surface area contributed by atoms with Crippen molar-refractivity contribution in [2.75, 3.05) is 11.9 Å². The van der Waals surface area contributed by atoms with Crippen molar-refractivity contribution in [3.8, 4) is 6.07 Å². The van der Waals surface area contributed by atoms with E-state index in [9.17, 15) is 4.79 Å². The van der Waals surface area contributed by atoms with E-state index in [0.29, 0.717) is 22.8 Å². The lowest BCUT2D eigenvalue weighted by molar-refractivity contribution is -0.142. The number of halogens is 1. The molecule has 0 bridgehead atoms. The zero-order valence-electron chi connectivity index (χ0n) is 10.4. The molecule has 4 nitrogen and oxygen atoms in total. The van der Waals surface area contributed by atoms with Gasteiger partial charge in [0.05, 0.1) is 22.2 Å². The number of nitriles is 1. The molecule has 2 atom stereocenters. The maximum Gasteiger partial charge on any atom is 0.306 e. The van der Waals surface area contributed by atoms with E-state index in [4.69, 9.17) is 22.0 Å². The highest BCUT2D eigenvalue weighted by Crippen LogP contribution is 2.32. The average molecular weight is 279 g/mol. The molecular weight excluding hydrogens is 264 g/mol. The van der Waals surface area contributed by atoms with Crippen molar-refractivity contribution in [1.29, 1.82) is 5.26 Å². The minimum atomic E-state index is -0.726. The summed E-state index contributed by atoms with van der Waals surface area (Å²) in [6, 6.07) is 7.29. The summed E-state index contributed by atoms with van der Waals surface area (Å²) in [5, 5.41) is 21.8. The first-order chi connectivity index (χ1) is 9.13. The van der Waals surface area contributed by atoms with Crippen LogP contribution in [0.3, 0.4) is 0 Å². The lowest BCUT2D eigenvalue weighted by Crippen LogP contribution is -2.24. The smallest absolute Gasteiger partial charge is 0.306 e. The van der Waals surface area contributed by atoms with Crippen LogP contribution in [0.4, 0.5) is 5.69 Å². The predicted molar refractivity (Wildman–Crippen MR) is 73.1 cm³/mol. The van der Waals surface area contributed by atoms with E-state index in [1.807, 2.05) is 0 Å². The molecule has 0 amide bonds. The molecule has 2 rings (SSSR count). The minimum Gasteiger partial charge on any atom is -0.481 e. The maximum absolute atomic E-state index is 11.1. The second kappa shape index (κ2) is 5.94. The summed E-state index contributed by atoms with van der Waals surface area (Å²) >= 11 is 5.95. The van der Waals surface area contributed by atoms with Gasteiger partial charge in [-0.2, -0.15) is 5.26 Å². The Morgan fingerprint density at radius 3 is 3.00 bits per heavy atom. The van der Waals surface area contributed by atoms with E-state index >= 15 is 0 Å². The number of hydrogen-bond donors (Lipinski definition) is 2. The fourth-order valence-electron chi connectivity index (χ4n) is 2.63. The second-order valence-corrected chi connectivity index (χ2v) is 5.20. The Kier molecular flexibility index (Phi) is 4.28. The SMILES string of the molecule is N#Cc1c(Cl)cccc1NCC1CCCC1C(=O)O. The first-order valence-electron chi connectivity index (χ1n) is 6.28. The van der Waals surface area contributed by atoms with Crippen LogP contribution in [0, 0.1) is 23.2 Å². The van der Waals surface area contributed by atoms with Crippen molar-refractivity contribution in [3.05, 3.63) is 28.8 Å². The normalized spacial score (nSPS) is 21.9. The quantitative estimate of drug-likeness (QED) is 0.887. The Morgan fingerprint density at radius 2 is 2.32 bits per heavy atom. The molecule has 1 aromatic carbocycles. The van der Waals surface area contributed by atoms with E-state index in [1.165, 1.54) is 0 Å². The largest absolute Gasteiger partial charge is 0.481 e. The van der Waals surface area contributed by atoms with Crippen molar-refractivity contribution >= 4 is 23.3 Å².